The summed E-state index contributed by atoms with van der Waals surface area (Å²) >= 11 is 3.49. The van der Waals surface area contributed by atoms with Crippen molar-refractivity contribution in [2.45, 2.75) is 93.7 Å². The molecule has 0 saturated carbocycles. The number of rotatable bonds is 10. The molecule has 4 N–H and O–H groups in total. The number of imidazole rings is 2. The predicted octanol–water partition coefficient (Wildman–Crippen LogP) is 11.1. The van der Waals surface area contributed by atoms with E-state index in [-0.39, 0.29) is 27.1 Å². The average Bonchev–Trinajstić information content (AvgIpc) is 3.85. The summed E-state index contributed by atoms with van der Waals surface area (Å²) in [6, 6.07) is 38.8. The molecule has 64 heavy (non-hydrogen) atoms. The Morgan fingerprint density at radius 2 is 0.891 bits per heavy atom. The predicted molar refractivity (Wildman–Crippen MR) is 266 cm³/mol. The maximum absolute atomic E-state index is 10.2. The highest BCUT2D eigenvalue weighted by Gasteiger charge is 2.18. The minimum atomic E-state index is -1.45. The molecule has 4 aromatic carbocycles. The number of fused-ring (bicyclic) bond motifs is 2. The first-order valence-corrected chi connectivity index (χ1v) is 21.3. The summed E-state index contributed by atoms with van der Waals surface area (Å²) < 4.78 is 16.6. The van der Waals surface area contributed by atoms with Gasteiger partial charge in [-0.15, -0.1) is 0 Å². The summed E-state index contributed by atoms with van der Waals surface area (Å²) in [5.41, 5.74) is 8.67. The summed E-state index contributed by atoms with van der Waals surface area (Å²) in [6.07, 6.45) is 8.26. The molecule has 4 aromatic heterocycles. The van der Waals surface area contributed by atoms with Crippen molar-refractivity contribution in [1.29, 1.82) is 0 Å². The second-order valence-electron chi connectivity index (χ2n) is 16.6. The van der Waals surface area contributed by atoms with Crippen molar-refractivity contribution in [2.24, 2.45) is 0 Å². The first kappa shape index (κ1) is 50.9. The molecule has 4 heterocycles. The lowest BCUT2D eigenvalue weighted by atomic mass is 9.79. The molecule has 8 rings (SSSR count). The van der Waals surface area contributed by atoms with Crippen molar-refractivity contribution < 1.29 is 29.7 Å². The Morgan fingerprint density at radius 3 is 1.30 bits per heavy atom. The molecule has 0 unspecified atom stereocenters. The van der Waals surface area contributed by atoms with Crippen LogP contribution in [0.1, 0.15) is 81.4 Å². The quantitative estimate of drug-likeness (QED) is 0.0997. The van der Waals surface area contributed by atoms with Gasteiger partial charge >= 0.3 is 7.12 Å². The van der Waals surface area contributed by atoms with Crippen molar-refractivity contribution in [3.05, 3.63) is 162 Å². The summed E-state index contributed by atoms with van der Waals surface area (Å²) in [7, 11) is -1.45. The molecule has 0 fully saturated rings. The van der Waals surface area contributed by atoms with Crippen molar-refractivity contribution in [2.75, 3.05) is 0 Å². The second kappa shape index (κ2) is 21.8. The van der Waals surface area contributed by atoms with Gasteiger partial charge in [0.1, 0.15) is 22.8 Å². The molecule has 0 radical (unpaired) electrons. The Kier molecular flexibility index (Phi) is 17.3. The Labute approximate surface area is 387 Å². The topological polar surface area (TPSA) is 134 Å². The number of aromatic nitrogens is 4. The molecular formula is C52H62BBrN4O6. The normalized spacial score (nSPS) is 11.2. The summed E-state index contributed by atoms with van der Waals surface area (Å²) in [4.78, 5) is 8.96. The number of hydrogen-bond acceptors (Lipinski definition) is 8. The molecule has 10 nitrogen and oxygen atoms in total. The summed E-state index contributed by atoms with van der Waals surface area (Å²) in [5, 5.41) is 37.4. The van der Waals surface area contributed by atoms with E-state index < -0.39 is 18.3 Å². The third-order valence-corrected chi connectivity index (χ3v) is 10.3. The Morgan fingerprint density at radius 1 is 0.516 bits per heavy atom. The van der Waals surface area contributed by atoms with Gasteiger partial charge in [-0.25, -0.2) is 9.97 Å². The zero-order chi connectivity index (χ0) is 44.8. The van der Waals surface area contributed by atoms with Crippen molar-refractivity contribution in [3.8, 4) is 45.1 Å². The lowest BCUT2D eigenvalue weighted by Gasteiger charge is -2.18. The van der Waals surface area contributed by atoms with E-state index >= 15 is 0 Å². The van der Waals surface area contributed by atoms with Gasteiger partial charge < -0.3 is 29.7 Å². The highest BCUT2D eigenvalue weighted by Crippen LogP contribution is 2.29. The minimum Gasteiger partial charge on any atom is -0.491 e. The Hall–Kier alpha value is -5.76. The number of ether oxygens (including phenoxy) is 2. The standard InChI is InChI=1S/C25H26N2O2.C16H15BrN2O.C9H13BO3.2CH4/c1-17(2)29-22-12-7-19(8-13-22)23-15-26-24-14-9-20(16-27(23)24)18-5-10-21(11-6-18)25(3,4)28;1-11(2)20-14-6-3-12(4-7-14)15-9-18-16-8-5-13(17)10-19(15)16;1-9(2,11)7-3-5-8(6-4-7)10(12)13;;/h5-17,28H,1-4H3;3-11H,1-2H3;3-6,11-13H,1-2H3;2*1H4. The van der Waals surface area contributed by atoms with Crippen LogP contribution in [0.5, 0.6) is 11.5 Å². The fourth-order valence-electron chi connectivity index (χ4n) is 6.62. The van der Waals surface area contributed by atoms with Crippen LogP contribution in [0.2, 0.25) is 0 Å². The fraction of sp³-hybridized carbons (Fsp3) is 0.269. The van der Waals surface area contributed by atoms with E-state index in [0.29, 0.717) is 5.46 Å². The molecule has 8 aromatic rings. The third kappa shape index (κ3) is 13.2. The van der Waals surface area contributed by atoms with E-state index in [9.17, 15) is 10.2 Å². The molecular weight excluding hydrogens is 867 g/mol. The van der Waals surface area contributed by atoms with Gasteiger partial charge in [-0.1, -0.05) is 63.4 Å². The first-order valence-electron chi connectivity index (χ1n) is 20.5. The maximum atomic E-state index is 10.2. The van der Waals surface area contributed by atoms with Crippen LogP contribution in [-0.2, 0) is 11.2 Å². The van der Waals surface area contributed by atoms with Crippen LogP contribution in [0.25, 0.3) is 44.9 Å². The van der Waals surface area contributed by atoms with Crippen molar-refractivity contribution >= 4 is 39.8 Å². The maximum Gasteiger partial charge on any atom is 0.488 e. The number of hydrogen-bond donors (Lipinski definition) is 4. The largest absolute Gasteiger partial charge is 0.491 e. The van der Waals surface area contributed by atoms with Gasteiger partial charge in [0.2, 0.25) is 0 Å². The van der Waals surface area contributed by atoms with Gasteiger partial charge in [0.05, 0.1) is 47.2 Å². The minimum absolute atomic E-state index is 0. The van der Waals surface area contributed by atoms with Gasteiger partial charge in [0.25, 0.3) is 0 Å². The van der Waals surface area contributed by atoms with Crippen LogP contribution in [0, 0.1) is 0 Å². The summed E-state index contributed by atoms with van der Waals surface area (Å²) in [6.45, 7) is 15.0. The zero-order valence-electron chi connectivity index (χ0n) is 36.4. The number of nitrogens with zero attached hydrogens (tertiary/aromatic N) is 4. The lowest BCUT2D eigenvalue weighted by Crippen LogP contribution is -2.30. The molecule has 0 saturated heterocycles. The lowest BCUT2D eigenvalue weighted by molar-refractivity contribution is 0.0780. The molecule has 12 heteroatoms. The van der Waals surface area contributed by atoms with E-state index in [4.69, 9.17) is 19.5 Å². The Bertz CT molecular complexity index is 2680. The van der Waals surface area contributed by atoms with Gasteiger partial charge in [-0.2, -0.15) is 0 Å². The SMILES string of the molecule is C.C.CC(C)(O)c1ccc(B(O)O)cc1.CC(C)Oc1ccc(-c2cnc3ccc(-c4ccc(C(C)(C)O)cc4)cn23)cc1.CC(C)Oc1ccc(-c2cnc3ccc(Br)cn23)cc1. The van der Waals surface area contributed by atoms with Crippen molar-refractivity contribution in [3.63, 3.8) is 0 Å². The number of halogens is 1. The van der Waals surface area contributed by atoms with Crippen molar-refractivity contribution in [1.82, 2.24) is 18.8 Å². The highest BCUT2D eigenvalue weighted by molar-refractivity contribution is 9.10. The van der Waals surface area contributed by atoms with Gasteiger partial charge in [-0.05, 0) is 172 Å². The van der Waals surface area contributed by atoms with Crippen LogP contribution in [0.4, 0.5) is 0 Å². The molecule has 0 atom stereocenters. The van der Waals surface area contributed by atoms with Crippen LogP contribution >= 0.6 is 15.9 Å². The number of benzene rings is 4. The third-order valence-electron chi connectivity index (χ3n) is 9.86. The number of pyridine rings is 2. The van der Waals surface area contributed by atoms with E-state index in [1.54, 1.807) is 52.0 Å². The molecule has 0 amide bonds. The Balaban J connectivity index is 0.000000224. The molecule has 0 spiro atoms. The van der Waals surface area contributed by atoms with Gasteiger partial charge in [0, 0.05) is 28.0 Å². The van der Waals surface area contributed by atoms with Crippen LogP contribution in [-0.4, -0.2) is 58.4 Å². The molecule has 0 aliphatic rings. The van der Waals surface area contributed by atoms with Gasteiger partial charge in [-0.3, -0.25) is 8.80 Å². The van der Waals surface area contributed by atoms with Crippen LogP contribution in [0.3, 0.4) is 0 Å². The zero-order valence-corrected chi connectivity index (χ0v) is 37.9. The fourth-order valence-corrected chi connectivity index (χ4v) is 6.96. The van der Waals surface area contributed by atoms with E-state index in [0.717, 1.165) is 72.0 Å². The van der Waals surface area contributed by atoms with E-state index in [2.05, 4.69) is 71.2 Å². The van der Waals surface area contributed by atoms with Crippen LogP contribution in [0.15, 0.2) is 151 Å². The first-order chi connectivity index (χ1) is 29.3. The monoisotopic (exact) mass is 928 g/mol. The summed E-state index contributed by atoms with van der Waals surface area (Å²) in [5.74, 6) is 1.75. The van der Waals surface area contributed by atoms with E-state index in [1.807, 2.05) is 113 Å². The van der Waals surface area contributed by atoms with E-state index in [1.165, 1.54) is 0 Å². The highest BCUT2D eigenvalue weighted by atomic mass is 79.9. The molecule has 336 valence electrons. The molecule has 0 aliphatic heterocycles. The molecule has 0 bridgehead atoms. The second-order valence-corrected chi connectivity index (χ2v) is 17.5. The molecule has 0 aliphatic carbocycles. The van der Waals surface area contributed by atoms with Gasteiger partial charge in [0.15, 0.2) is 0 Å². The smallest absolute Gasteiger partial charge is 0.488 e. The van der Waals surface area contributed by atoms with Crippen LogP contribution < -0.4 is 14.9 Å². The average molecular weight is 930 g/mol. The number of aliphatic hydroxyl groups is 2.